The monoisotopic (exact) mass is 383 g/mol. The average molecular weight is 383 g/mol. The number of carbonyl (C=O) groups excluding carboxylic acids is 1. The van der Waals surface area contributed by atoms with Crippen molar-refractivity contribution in [3.05, 3.63) is 35.9 Å². The largest absolute Gasteiger partial charge is 0.348 e. The van der Waals surface area contributed by atoms with Crippen LogP contribution in [0.4, 0.5) is 4.79 Å². The highest BCUT2D eigenvalue weighted by atomic mass is 31.2. The molecule has 1 aromatic carbocycles. The fourth-order valence-electron chi connectivity index (χ4n) is 2.61. The molecule has 9 heteroatoms. The summed E-state index contributed by atoms with van der Waals surface area (Å²) in [5.41, 5.74) is -0.114. The molecule has 0 bridgehead atoms. The van der Waals surface area contributed by atoms with Crippen LogP contribution in [-0.2, 0) is 25.1 Å². The Hall–Kier alpha value is -1.73. The van der Waals surface area contributed by atoms with Gasteiger partial charge in [0.05, 0.1) is 24.9 Å². The Kier molecular flexibility index (Phi) is 6.94. The first-order valence-electron chi connectivity index (χ1n) is 8.60. The third kappa shape index (κ3) is 4.92. The third-order valence-corrected chi connectivity index (χ3v) is 6.11. The quantitative estimate of drug-likeness (QED) is 0.602. The van der Waals surface area contributed by atoms with Crippen LogP contribution in [0.2, 0.25) is 0 Å². The van der Waals surface area contributed by atoms with Crippen LogP contribution in [0.3, 0.4) is 0 Å². The zero-order valence-corrected chi connectivity index (χ0v) is 16.3. The molecule has 1 unspecified atom stereocenters. The Labute approximate surface area is 153 Å². The van der Waals surface area contributed by atoms with Crippen molar-refractivity contribution in [3.63, 3.8) is 0 Å². The first-order chi connectivity index (χ1) is 12.3. The lowest BCUT2D eigenvalue weighted by Gasteiger charge is -2.26. The van der Waals surface area contributed by atoms with E-state index in [0.29, 0.717) is 0 Å². The number of hydrogen-bond acceptors (Lipinski definition) is 6. The van der Waals surface area contributed by atoms with Crippen molar-refractivity contribution in [1.29, 1.82) is 5.41 Å². The van der Waals surface area contributed by atoms with Crippen LogP contribution in [0.25, 0.3) is 0 Å². The molecular weight excluding hydrogens is 357 g/mol. The predicted molar refractivity (Wildman–Crippen MR) is 98.1 cm³/mol. The highest BCUT2D eigenvalue weighted by Gasteiger charge is 2.47. The predicted octanol–water partition coefficient (Wildman–Crippen LogP) is 3.54. The average Bonchev–Trinajstić information content (AvgIpc) is 2.82. The van der Waals surface area contributed by atoms with Gasteiger partial charge in [0.15, 0.2) is 5.84 Å². The van der Waals surface area contributed by atoms with E-state index in [0.717, 1.165) is 10.6 Å². The Morgan fingerprint density at radius 1 is 1.19 bits per heavy atom. The molecule has 1 heterocycles. The smallest absolute Gasteiger partial charge is 0.323 e. The zero-order valence-electron chi connectivity index (χ0n) is 15.4. The molecule has 2 N–H and O–H groups in total. The second-order valence-corrected chi connectivity index (χ2v) is 8.27. The summed E-state index contributed by atoms with van der Waals surface area (Å²) in [5, 5.41) is 12.0. The molecule has 0 spiro atoms. The first kappa shape index (κ1) is 20.6. The molecule has 0 radical (unpaired) electrons. The van der Waals surface area contributed by atoms with Crippen LogP contribution >= 0.6 is 7.60 Å². The standard InChI is InChI=1S/C17H26N3O5P/c1-4-24-26(22,25-5-2)12-11-17(3)15(18)20(16(21)19-17)23-13-14-9-7-6-8-10-14/h6-10,18H,4-5,11-13H2,1-3H3,(H,19,21). The van der Waals surface area contributed by atoms with Crippen molar-refractivity contribution >= 4 is 19.5 Å². The van der Waals surface area contributed by atoms with Gasteiger partial charge in [-0.3, -0.25) is 14.8 Å². The van der Waals surface area contributed by atoms with Crippen molar-refractivity contribution in [3.8, 4) is 0 Å². The summed E-state index contributed by atoms with van der Waals surface area (Å²) in [6.45, 7) is 5.89. The van der Waals surface area contributed by atoms with Crippen LogP contribution in [0.1, 0.15) is 32.8 Å². The zero-order chi connectivity index (χ0) is 19.2. The van der Waals surface area contributed by atoms with Crippen LogP contribution in [0, 0.1) is 5.41 Å². The fourth-order valence-corrected chi connectivity index (χ4v) is 4.45. The van der Waals surface area contributed by atoms with Gasteiger partial charge >= 0.3 is 13.6 Å². The molecular formula is C17H26N3O5P. The maximum Gasteiger partial charge on any atom is 0.348 e. The molecule has 26 heavy (non-hydrogen) atoms. The van der Waals surface area contributed by atoms with Gasteiger partial charge in [-0.1, -0.05) is 30.3 Å². The van der Waals surface area contributed by atoms with Gasteiger partial charge in [0, 0.05) is 0 Å². The van der Waals surface area contributed by atoms with Crippen molar-refractivity contribution < 1.29 is 23.2 Å². The summed E-state index contributed by atoms with van der Waals surface area (Å²) in [6, 6.07) is 8.86. The first-order valence-corrected chi connectivity index (χ1v) is 10.3. The molecule has 1 aliphatic heterocycles. The van der Waals surface area contributed by atoms with E-state index in [4.69, 9.17) is 19.3 Å². The van der Waals surface area contributed by atoms with E-state index in [-0.39, 0.29) is 38.2 Å². The SMILES string of the molecule is CCOP(=O)(CCC1(C)NC(=O)N(OCc2ccccc2)C1=N)OCC. The molecule has 8 nitrogen and oxygen atoms in total. The van der Waals surface area contributed by atoms with Crippen molar-refractivity contribution in [2.45, 2.75) is 39.3 Å². The molecule has 2 amide bonds. The summed E-state index contributed by atoms with van der Waals surface area (Å²) < 4.78 is 23.2. The van der Waals surface area contributed by atoms with Gasteiger partial charge in [-0.05, 0) is 32.8 Å². The second kappa shape index (κ2) is 8.77. The van der Waals surface area contributed by atoms with Gasteiger partial charge in [0.1, 0.15) is 6.61 Å². The molecule has 0 aromatic heterocycles. The number of carbonyl (C=O) groups is 1. The van der Waals surface area contributed by atoms with E-state index in [9.17, 15) is 9.36 Å². The normalized spacial score (nSPS) is 20.5. The lowest BCUT2D eigenvalue weighted by molar-refractivity contribution is -0.0687. The van der Waals surface area contributed by atoms with Crippen molar-refractivity contribution in [1.82, 2.24) is 10.4 Å². The maximum atomic E-state index is 12.6. The minimum atomic E-state index is -3.25. The van der Waals surface area contributed by atoms with E-state index >= 15 is 0 Å². The summed E-state index contributed by atoms with van der Waals surface area (Å²) in [7, 11) is -3.25. The number of hydrogen-bond donors (Lipinski definition) is 2. The molecule has 0 saturated carbocycles. The molecule has 1 aromatic rings. The Bertz CT molecular complexity index is 674. The number of amides is 2. The van der Waals surface area contributed by atoms with Gasteiger partial charge in [-0.2, -0.15) is 5.06 Å². The lowest BCUT2D eigenvalue weighted by Crippen LogP contribution is -2.44. The van der Waals surface area contributed by atoms with Crippen LogP contribution in [-0.4, -0.2) is 41.8 Å². The van der Waals surface area contributed by atoms with Crippen LogP contribution in [0.5, 0.6) is 0 Å². The number of rotatable bonds is 10. The molecule has 1 aliphatic rings. The Balaban J connectivity index is 2.00. The Morgan fingerprint density at radius 2 is 1.81 bits per heavy atom. The van der Waals surface area contributed by atoms with Gasteiger partial charge in [-0.15, -0.1) is 0 Å². The topological polar surface area (TPSA) is 101 Å². The van der Waals surface area contributed by atoms with Gasteiger partial charge in [-0.25, -0.2) is 4.79 Å². The molecule has 1 atom stereocenters. The molecule has 144 valence electrons. The number of urea groups is 1. The van der Waals surface area contributed by atoms with E-state index in [1.54, 1.807) is 20.8 Å². The van der Waals surface area contributed by atoms with Crippen molar-refractivity contribution in [2.24, 2.45) is 0 Å². The van der Waals surface area contributed by atoms with E-state index in [1.165, 1.54) is 0 Å². The minimum absolute atomic E-state index is 0.0296. The maximum absolute atomic E-state index is 12.6. The highest BCUT2D eigenvalue weighted by Crippen LogP contribution is 2.49. The van der Waals surface area contributed by atoms with Gasteiger partial charge in [0.2, 0.25) is 0 Å². The molecule has 0 aliphatic carbocycles. The molecule has 1 fully saturated rings. The van der Waals surface area contributed by atoms with E-state index < -0.39 is 19.2 Å². The third-order valence-electron chi connectivity index (χ3n) is 4.03. The summed E-state index contributed by atoms with van der Waals surface area (Å²) in [5.74, 6) is -0.0296. The van der Waals surface area contributed by atoms with E-state index in [1.807, 2.05) is 30.3 Å². The lowest BCUT2D eigenvalue weighted by atomic mass is 9.99. The summed E-state index contributed by atoms with van der Waals surface area (Å²) in [6.07, 6.45) is 0.334. The highest BCUT2D eigenvalue weighted by molar-refractivity contribution is 7.53. The minimum Gasteiger partial charge on any atom is -0.323 e. The number of nitrogens with one attached hydrogen (secondary N) is 2. The molecule has 1 saturated heterocycles. The van der Waals surface area contributed by atoms with Gasteiger partial charge < -0.3 is 14.4 Å². The van der Waals surface area contributed by atoms with Gasteiger partial charge in [0.25, 0.3) is 0 Å². The molecule has 2 rings (SSSR count). The number of amidine groups is 1. The second-order valence-electron chi connectivity index (χ2n) is 6.08. The number of benzene rings is 1. The van der Waals surface area contributed by atoms with Crippen LogP contribution in [0.15, 0.2) is 30.3 Å². The van der Waals surface area contributed by atoms with Crippen molar-refractivity contribution in [2.75, 3.05) is 19.4 Å². The number of nitrogens with zero attached hydrogens (tertiary/aromatic N) is 1. The number of hydroxylamine groups is 2. The Morgan fingerprint density at radius 3 is 2.38 bits per heavy atom. The van der Waals surface area contributed by atoms with Crippen LogP contribution < -0.4 is 5.32 Å². The summed E-state index contributed by atoms with van der Waals surface area (Å²) in [4.78, 5) is 17.7. The summed E-state index contributed by atoms with van der Waals surface area (Å²) >= 11 is 0. The van der Waals surface area contributed by atoms with E-state index in [2.05, 4.69) is 5.32 Å². The fraction of sp³-hybridized carbons (Fsp3) is 0.529.